The highest BCUT2D eigenvalue weighted by Crippen LogP contribution is 2.23. The van der Waals surface area contributed by atoms with Gasteiger partial charge in [-0.1, -0.05) is 35.7 Å². The van der Waals surface area contributed by atoms with Gasteiger partial charge in [0.25, 0.3) is 0 Å². The Morgan fingerprint density at radius 2 is 2.03 bits per heavy atom. The zero-order valence-corrected chi connectivity index (χ0v) is 21.5. The molecule has 166 valence electrons. The van der Waals surface area contributed by atoms with E-state index < -0.39 is 0 Å². The predicted molar refractivity (Wildman–Crippen MR) is 135 cm³/mol. The summed E-state index contributed by atoms with van der Waals surface area (Å²) in [4.78, 5) is 6.90. The van der Waals surface area contributed by atoms with E-state index in [2.05, 4.69) is 31.9 Å². The van der Waals surface area contributed by atoms with Gasteiger partial charge in [0.2, 0.25) is 0 Å². The van der Waals surface area contributed by atoms with Crippen molar-refractivity contribution in [3.05, 3.63) is 45.5 Å². The molecule has 1 aromatic heterocycles. The van der Waals surface area contributed by atoms with Crippen molar-refractivity contribution >= 4 is 53.1 Å². The van der Waals surface area contributed by atoms with Crippen LogP contribution in [0.4, 0.5) is 0 Å². The Morgan fingerprint density at radius 1 is 1.20 bits per heavy atom. The highest BCUT2D eigenvalue weighted by Gasteiger charge is 2.14. The first kappa shape index (κ1) is 25.2. The number of guanidine groups is 1. The number of benzene rings is 1. The summed E-state index contributed by atoms with van der Waals surface area (Å²) < 4.78 is 2.32. The van der Waals surface area contributed by atoms with Crippen molar-refractivity contribution in [3.8, 4) is 0 Å². The zero-order chi connectivity index (χ0) is 20.6. The summed E-state index contributed by atoms with van der Waals surface area (Å²) >= 11 is 12.2. The van der Waals surface area contributed by atoms with Crippen LogP contribution in [-0.2, 0) is 25.9 Å². The van der Waals surface area contributed by atoms with Crippen LogP contribution in [0.1, 0.15) is 49.8 Å². The fourth-order valence-electron chi connectivity index (χ4n) is 3.61. The molecular formula is C21H31Cl2IN6. The SMILES string of the molecule is CCNC(=NCCCc1nnc2n1CCCCC2)N(C)Cc1ccc(Cl)c(Cl)c1.I. The van der Waals surface area contributed by atoms with E-state index in [1.807, 2.05) is 25.2 Å². The normalized spacial score (nSPS) is 13.9. The molecule has 0 unspecified atom stereocenters. The summed E-state index contributed by atoms with van der Waals surface area (Å²) in [6.07, 6.45) is 6.64. The average Bonchev–Trinajstić information content (AvgIpc) is 2.93. The van der Waals surface area contributed by atoms with Crippen molar-refractivity contribution < 1.29 is 0 Å². The molecule has 0 fully saturated rings. The zero-order valence-electron chi connectivity index (χ0n) is 17.7. The van der Waals surface area contributed by atoms with Crippen LogP contribution in [0, 0.1) is 0 Å². The third-order valence-corrected chi connectivity index (χ3v) is 5.85. The van der Waals surface area contributed by atoms with E-state index in [1.165, 1.54) is 19.3 Å². The number of hydrogen-bond donors (Lipinski definition) is 1. The van der Waals surface area contributed by atoms with Crippen molar-refractivity contribution in [1.82, 2.24) is 25.0 Å². The molecule has 1 aliphatic rings. The van der Waals surface area contributed by atoms with E-state index in [0.717, 1.165) is 62.1 Å². The number of aliphatic imine (C=N–C) groups is 1. The van der Waals surface area contributed by atoms with Crippen molar-refractivity contribution in [2.24, 2.45) is 4.99 Å². The van der Waals surface area contributed by atoms with Crippen molar-refractivity contribution in [3.63, 3.8) is 0 Å². The van der Waals surface area contributed by atoms with E-state index in [4.69, 9.17) is 28.2 Å². The Morgan fingerprint density at radius 3 is 2.80 bits per heavy atom. The average molecular weight is 565 g/mol. The molecule has 0 aliphatic carbocycles. The molecule has 0 bridgehead atoms. The summed E-state index contributed by atoms with van der Waals surface area (Å²) in [5, 5.41) is 13.3. The maximum absolute atomic E-state index is 6.14. The predicted octanol–water partition coefficient (Wildman–Crippen LogP) is 4.96. The first-order valence-electron chi connectivity index (χ1n) is 10.4. The van der Waals surface area contributed by atoms with Gasteiger partial charge >= 0.3 is 0 Å². The van der Waals surface area contributed by atoms with Gasteiger partial charge in [-0.05, 0) is 43.9 Å². The molecule has 0 amide bonds. The number of hydrogen-bond acceptors (Lipinski definition) is 3. The second kappa shape index (κ2) is 12.7. The molecule has 0 saturated heterocycles. The van der Waals surface area contributed by atoms with E-state index >= 15 is 0 Å². The van der Waals surface area contributed by atoms with Crippen LogP contribution in [-0.4, -0.2) is 45.8 Å². The molecule has 9 heteroatoms. The molecule has 0 saturated carbocycles. The van der Waals surface area contributed by atoms with Crippen LogP contribution in [0.5, 0.6) is 0 Å². The van der Waals surface area contributed by atoms with Crippen molar-refractivity contribution in [2.45, 2.75) is 58.5 Å². The lowest BCUT2D eigenvalue weighted by Crippen LogP contribution is -2.38. The van der Waals surface area contributed by atoms with Gasteiger partial charge in [0.1, 0.15) is 11.6 Å². The number of fused-ring (bicyclic) bond motifs is 1. The summed E-state index contributed by atoms with van der Waals surface area (Å²) in [7, 11) is 2.03. The summed E-state index contributed by atoms with van der Waals surface area (Å²) in [5.74, 6) is 3.14. The molecule has 2 heterocycles. The second-order valence-corrected chi connectivity index (χ2v) is 8.25. The Bertz CT molecular complexity index is 839. The summed E-state index contributed by atoms with van der Waals surface area (Å²) in [6, 6.07) is 5.73. The largest absolute Gasteiger partial charge is 0.357 e. The van der Waals surface area contributed by atoms with Crippen LogP contribution in [0.2, 0.25) is 10.0 Å². The molecule has 1 aliphatic heterocycles. The number of aromatic nitrogens is 3. The highest BCUT2D eigenvalue weighted by molar-refractivity contribution is 14.0. The van der Waals surface area contributed by atoms with Gasteiger partial charge in [0, 0.05) is 46.1 Å². The Labute approximate surface area is 206 Å². The number of aryl methyl sites for hydroxylation is 2. The maximum Gasteiger partial charge on any atom is 0.193 e. The standard InChI is InChI=1S/C21H30Cl2N6.HI/c1-3-24-21(28(2)15-16-10-11-17(22)18(23)14-16)25-12-7-9-20-27-26-19-8-5-4-6-13-29(19)20;/h10-11,14H,3-9,12-13,15H2,1-2H3,(H,24,25);1H. The first-order valence-corrected chi connectivity index (χ1v) is 11.2. The quantitative estimate of drug-likeness (QED) is 0.223. The highest BCUT2D eigenvalue weighted by atomic mass is 127. The Balaban J connectivity index is 0.00000320. The van der Waals surface area contributed by atoms with E-state index in [9.17, 15) is 0 Å². The molecule has 0 spiro atoms. The van der Waals surface area contributed by atoms with Crippen LogP contribution >= 0.6 is 47.2 Å². The van der Waals surface area contributed by atoms with Crippen LogP contribution in [0.15, 0.2) is 23.2 Å². The summed E-state index contributed by atoms with van der Waals surface area (Å²) in [6.45, 7) is 5.41. The molecule has 30 heavy (non-hydrogen) atoms. The van der Waals surface area contributed by atoms with Gasteiger partial charge in [-0.2, -0.15) is 0 Å². The lowest BCUT2D eigenvalue weighted by molar-refractivity contribution is 0.476. The van der Waals surface area contributed by atoms with E-state index in [0.29, 0.717) is 16.6 Å². The van der Waals surface area contributed by atoms with Crippen LogP contribution < -0.4 is 5.32 Å². The lowest BCUT2D eigenvalue weighted by atomic mass is 10.2. The van der Waals surface area contributed by atoms with Crippen molar-refractivity contribution in [2.75, 3.05) is 20.1 Å². The molecule has 0 radical (unpaired) electrons. The van der Waals surface area contributed by atoms with Gasteiger partial charge in [-0.25, -0.2) is 0 Å². The molecule has 6 nitrogen and oxygen atoms in total. The fourth-order valence-corrected chi connectivity index (χ4v) is 3.93. The number of rotatable bonds is 7. The van der Waals surface area contributed by atoms with Gasteiger partial charge in [-0.3, -0.25) is 4.99 Å². The number of nitrogens with zero attached hydrogens (tertiary/aromatic N) is 5. The molecule has 0 atom stereocenters. The van der Waals surface area contributed by atoms with Crippen LogP contribution in [0.3, 0.4) is 0 Å². The molecule has 1 N–H and O–H groups in total. The lowest BCUT2D eigenvalue weighted by Gasteiger charge is -2.22. The van der Waals surface area contributed by atoms with Gasteiger partial charge in [0.05, 0.1) is 10.0 Å². The third-order valence-electron chi connectivity index (χ3n) is 5.11. The van der Waals surface area contributed by atoms with Gasteiger partial charge in [-0.15, -0.1) is 34.2 Å². The van der Waals surface area contributed by atoms with Gasteiger partial charge < -0.3 is 14.8 Å². The number of halogens is 3. The maximum atomic E-state index is 6.14. The third kappa shape index (κ3) is 6.99. The van der Waals surface area contributed by atoms with E-state index in [-0.39, 0.29) is 24.0 Å². The minimum Gasteiger partial charge on any atom is -0.357 e. The fraction of sp³-hybridized carbons (Fsp3) is 0.571. The van der Waals surface area contributed by atoms with Crippen molar-refractivity contribution in [1.29, 1.82) is 0 Å². The molecule has 3 rings (SSSR count). The minimum atomic E-state index is 0. The summed E-state index contributed by atoms with van der Waals surface area (Å²) in [5.41, 5.74) is 1.10. The second-order valence-electron chi connectivity index (χ2n) is 7.44. The molecular weight excluding hydrogens is 534 g/mol. The number of nitrogens with one attached hydrogen (secondary N) is 1. The van der Waals surface area contributed by atoms with Crippen LogP contribution in [0.25, 0.3) is 0 Å². The van der Waals surface area contributed by atoms with Gasteiger partial charge in [0.15, 0.2) is 5.96 Å². The topological polar surface area (TPSA) is 58.3 Å². The minimum absolute atomic E-state index is 0. The first-order chi connectivity index (χ1) is 14.1. The molecule has 1 aromatic carbocycles. The van der Waals surface area contributed by atoms with E-state index in [1.54, 1.807) is 0 Å². The smallest absolute Gasteiger partial charge is 0.193 e. The molecule has 2 aromatic rings. The Hall–Kier alpha value is -1.06. The monoisotopic (exact) mass is 564 g/mol. The Kier molecular flexibility index (Phi) is 10.7.